The summed E-state index contributed by atoms with van der Waals surface area (Å²) >= 11 is 0. The number of nitrogens with zero attached hydrogens (tertiary/aromatic N) is 2. The summed E-state index contributed by atoms with van der Waals surface area (Å²) in [5.41, 5.74) is 2.80. The number of rotatable bonds is 0. The summed E-state index contributed by atoms with van der Waals surface area (Å²) in [6.07, 6.45) is 3.91. The van der Waals surface area contributed by atoms with Crippen molar-refractivity contribution >= 4 is 0 Å². The van der Waals surface area contributed by atoms with Crippen LogP contribution in [0.1, 0.15) is 11.1 Å². The van der Waals surface area contributed by atoms with E-state index in [-0.39, 0.29) is 20.4 Å². The molecule has 0 N–H and O–H groups in total. The summed E-state index contributed by atoms with van der Waals surface area (Å²) in [7, 11) is 2.12. The largest absolute Gasteiger partial charge is 0.670 e. The molecule has 1 aromatic rings. The first-order chi connectivity index (χ1) is 4.36. The minimum atomic E-state index is 0. The molecule has 0 saturated carbocycles. The van der Waals surface area contributed by atoms with Crippen molar-refractivity contribution < 1.29 is 20.4 Å². The van der Waals surface area contributed by atoms with Gasteiger partial charge < -0.3 is 4.98 Å². The van der Waals surface area contributed by atoms with Crippen LogP contribution in [-0.4, -0.2) is 11.9 Å². The Morgan fingerprint density at radius 2 is 1.80 bits per heavy atom. The number of fused-ring (bicyclic) bond motifs is 1. The molecule has 0 aliphatic carbocycles. The molecule has 2 rings (SSSR count). The predicted molar refractivity (Wildman–Crippen MR) is 34.9 cm³/mol. The quantitative estimate of drug-likeness (QED) is 0.698. The van der Waals surface area contributed by atoms with E-state index >= 15 is 0 Å². The van der Waals surface area contributed by atoms with Gasteiger partial charge in [0.05, 0.1) is 0 Å². The Kier molecular flexibility index (Phi) is 2.30. The van der Waals surface area contributed by atoms with E-state index in [2.05, 4.69) is 16.9 Å². The molecule has 0 atom stereocenters. The van der Waals surface area contributed by atoms with Crippen LogP contribution < -0.4 is 4.98 Å². The van der Waals surface area contributed by atoms with Gasteiger partial charge in [-0.25, -0.2) is 0 Å². The van der Waals surface area contributed by atoms with Crippen molar-refractivity contribution in [2.45, 2.75) is 13.1 Å². The van der Waals surface area contributed by atoms with Gasteiger partial charge in [0.15, 0.2) is 0 Å². The minimum absolute atomic E-state index is 0. The van der Waals surface area contributed by atoms with Crippen LogP contribution in [0.15, 0.2) is 12.4 Å². The Morgan fingerprint density at radius 3 is 2.30 bits per heavy atom. The molecule has 1 aromatic heterocycles. The van der Waals surface area contributed by atoms with E-state index in [0.29, 0.717) is 0 Å². The van der Waals surface area contributed by atoms with E-state index < -0.39 is 0 Å². The van der Waals surface area contributed by atoms with Gasteiger partial charge in [0.2, 0.25) is 0 Å². The van der Waals surface area contributed by atoms with Crippen LogP contribution in [0.2, 0.25) is 0 Å². The molecule has 1 radical (unpaired) electrons. The van der Waals surface area contributed by atoms with Gasteiger partial charge in [0, 0.05) is 33.5 Å². The molecule has 1 aliphatic heterocycles. The molecule has 0 aromatic carbocycles. The molecular formula is C7H9N2Re-. The van der Waals surface area contributed by atoms with Crippen LogP contribution in [0.3, 0.4) is 0 Å². The van der Waals surface area contributed by atoms with Gasteiger partial charge in [-0.15, -0.1) is 0 Å². The fourth-order valence-electron chi connectivity index (χ4n) is 1.31. The molecule has 2 heterocycles. The van der Waals surface area contributed by atoms with Crippen LogP contribution in [-0.2, 0) is 33.5 Å². The third-order valence-electron chi connectivity index (χ3n) is 1.75. The molecule has 0 saturated heterocycles. The van der Waals surface area contributed by atoms with Crippen LogP contribution in [0.4, 0.5) is 0 Å². The summed E-state index contributed by atoms with van der Waals surface area (Å²) < 4.78 is 0. The maximum Gasteiger partial charge on any atom is 0.0218 e. The zero-order valence-electron chi connectivity index (χ0n) is 5.84. The topological polar surface area (TPSA) is 17.3 Å². The van der Waals surface area contributed by atoms with E-state index in [1.807, 2.05) is 12.4 Å². The summed E-state index contributed by atoms with van der Waals surface area (Å²) in [6, 6.07) is 0. The van der Waals surface area contributed by atoms with Crippen molar-refractivity contribution in [2.24, 2.45) is 0 Å². The van der Waals surface area contributed by atoms with Gasteiger partial charge in [-0.3, -0.25) is 4.90 Å². The second-order valence-corrected chi connectivity index (χ2v) is 2.63. The van der Waals surface area contributed by atoms with E-state index in [1.54, 1.807) is 0 Å². The average molecular weight is 307 g/mol. The van der Waals surface area contributed by atoms with Crippen LogP contribution in [0.25, 0.3) is 0 Å². The Labute approximate surface area is 74.3 Å². The molecule has 0 bridgehead atoms. The second kappa shape index (κ2) is 2.88. The second-order valence-electron chi connectivity index (χ2n) is 2.63. The van der Waals surface area contributed by atoms with Crippen LogP contribution >= 0.6 is 0 Å². The average Bonchev–Trinajstić information content (AvgIpc) is 2.22. The summed E-state index contributed by atoms with van der Waals surface area (Å²) in [5, 5.41) is 0. The molecular weight excluding hydrogens is 298 g/mol. The van der Waals surface area contributed by atoms with Gasteiger partial charge in [-0.2, -0.15) is 12.4 Å². The normalized spacial score (nSPS) is 16.5. The van der Waals surface area contributed by atoms with Gasteiger partial charge in [-0.1, -0.05) is 11.1 Å². The van der Waals surface area contributed by atoms with Crippen molar-refractivity contribution in [3.63, 3.8) is 0 Å². The van der Waals surface area contributed by atoms with Crippen molar-refractivity contribution in [1.29, 1.82) is 0 Å². The minimum Gasteiger partial charge on any atom is -0.670 e. The standard InChI is InChI=1S/C7H9N2.Re/c1-9-4-6-2-8-3-7(6)5-9;/h2-3H,4-5H2,1H3;/q-1;. The Balaban J connectivity index is 0.000000500. The Morgan fingerprint density at radius 1 is 1.30 bits per heavy atom. The SMILES string of the molecule is CN1Cc2c[n-]cc2C1.[Re]. The van der Waals surface area contributed by atoms with Gasteiger partial charge >= 0.3 is 0 Å². The first-order valence-corrected chi connectivity index (χ1v) is 3.13. The molecule has 3 heteroatoms. The molecule has 55 valence electrons. The zero-order chi connectivity index (χ0) is 6.27. The number of aromatic nitrogens is 1. The van der Waals surface area contributed by atoms with Crippen LogP contribution in [0.5, 0.6) is 0 Å². The van der Waals surface area contributed by atoms with Crippen molar-refractivity contribution in [2.75, 3.05) is 7.05 Å². The first-order valence-electron chi connectivity index (χ1n) is 3.13. The fraction of sp³-hybridized carbons (Fsp3) is 0.429. The van der Waals surface area contributed by atoms with Gasteiger partial charge in [-0.05, 0) is 7.05 Å². The molecule has 0 fully saturated rings. The maximum absolute atomic E-state index is 4.05. The summed E-state index contributed by atoms with van der Waals surface area (Å²) in [4.78, 5) is 6.34. The number of hydrogen-bond acceptors (Lipinski definition) is 1. The smallest absolute Gasteiger partial charge is 0.0218 e. The molecule has 0 amide bonds. The molecule has 1 aliphatic rings. The van der Waals surface area contributed by atoms with Crippen molar-refractivity contribution in [3.05, 3.63) is 23.5 Å². The van der Waals surface area contributed by atoms with Gasteiger partial charge in [0.25, 0.3) is 0 Å². The Bertz CT molecular complexity index is 199. The third-order valence-corrected chi connectivity index (χ3v) is 1.75. The van der Waals surface area contributed by atoms with E-state index in [9.17, 15) is 0 Å². The zero-order valence-corrected chi connectivity index (χ0v) is 8.56. The first kappa shape index (κ1) is 8.00. The molecule has 2 nitrogen and oxygen atoms in total. The Hall–Kier alpha value is -0.0977. The predicted octanol–water partition coefficient (Wildman–Crippen LogP) is 0.587. The summed E-state index contributed by atoms with van der Waals surface area (Å²) in [6.45, 7) is 2.16. The van der Waals surface area contributed by atoms with E-state index in [0.717, 1.165) is 13.1 Å². The fourth-order valence-corrected chi connectivity index (χ4v) is 1.31. The van der Waals surface area contributed by atoms with Crippen LogP contribution in [0, 0.1) is 0 Å². The molecule has 0 unspecified atom stereocenters. The maximum atomic E-state index is 4.05. The monoisotopic (exact) mass is 308 g/mol. The van der Waals surface area contributed by atoms with Crippen molar-refractivity contribution in [3.8, 4) is 0 Å². The molecule has 0 spiro atoms. The van der Waals surface area contributed by atoms with E-state index in [4.69, 9.17) is 0 Å². The summed E-state index contributed by atoms with van der Waals surface area (Å²) in [5.74, 6) is 0. The molecule has 10 heavy (non-hydrogen) atoms. The van der Waals surface area contributed by atoms with E-state index in [1.165, 1.54) is 11.1 Å². The van der Waals surface area contributed by atoms with Gasteiger partial charge in [0.1, 0.15) is 0 Å². The van der Waals surface area contributed by atoms with Crippen molar-refractivity contribution in [1.82, 2.24) is 9.88 Å². The third kappa shape index (κ3) is 1.17. The number of hydrogen-bond donors (Lipinski definition) is 0.